The summed E-state index contributed by atoms with van der Waals surface area (Å²) >= 11 is 1.52. The molecule has 2 heterocycles. The van der Waals surface area contributed by atoms with Gasteiger partial charge in [-0.2, -0.15) is 10.1 Å². The van der Waals surface area contributed by atoms with E-state index in [2.05, 4.69) is 41.8 Å². The maximum atomic E-state index is 12.5. The summed E-state index contributed by atoms with van der Waals surface area (Å²) in [5, 5.41) is 4.21. The van der Waals surface area contributed by atoms with Crippen molar-refractivity contribution in [3.8, 4) is 0 Å². The minimum Gasteiger partial charge on any atom is -0.312 e. The van der Waals surface area contributed by atoms with E-state index < -0.39 is 0 Å². The van der Waals surface area contributed by atoms with Crippen LogP contribution in [0.3, 0.4) is 0 Å². The minimum absolute atomic E-state index is 0.321. The number of allylic oxidation sites excluding steroid dienone is 1. The molecular formula is C18H20N4OS. The molecule has 0 fully saturated rings. The zero-order chi connectivity index (χ0) is 17.3. The van der Waals surface area contributed by atoms with Gasteiger partial charge >= 0.3 is 0 Å². The first-order chi connectivity index (χ1) is 11.5. The molecule has 0 saturated carbocycles. The number of thiazole rings is 1. The smallest absolute Gasteiger partial charge is 0.300 e. The van der Waals surface area contributed by atoms with Crippen LogP contribution in [0.1, 0.15) is 28.7 Å². The third kappa shape index (κ3) is 2.97. The van der Waals surface area contributed by atoms with Gasteiger partial charge < -0.3 is 4.57 Å². The Balaban J connectivity index is 2.14. The summed E-state index contributed by atoms with van der Waals surface area (Å²) in [4.78, 5) is 17.4. The topological polar surface area (TPSA) is 52.2 Å². The first-order valence-corrected chi connectivity index (χ1v) is 8.68. The van der Waals surface area contributed by atoms with Crippen molar-refractivity contribution in [2.75, 3.05) is 0 Å². The molecule has 0 aliphatic carbocycles. The van der Waals surface area contributed by atoms with Gasteiger partial charge in [0, 0.05) is 19.3 Å². The molecule has 0 aliphatic rings. The fourth-order valence-corrected chi connectivity index (χ4v) is 3.64. The third-order valence-corrected chi connectivity index (χ3v) is 5.04. The van der Waals surface area contributed by atoms with Crippen LogP contribution in [0.2, 0.25) is 0 Å². The summed E-state index contributed by atoms with van der Waals surface area (Å²) < 4.78 is 4.82. The normalized spacial score (nSPS) is 12.0. The Kier molecular flexibility index (Phi) is 4.49. The number of nitrogens with zero attached hydrogens (tertiary/aromatic N) is 4. The summed E-state index contributed by atoms with van der Waals surface area (Å²) in [5.41, 5.74) is 3.64. The van der Waals surface area contributed by atoms with Crippen molar-refractivity contribution in [3.63, 3.8) is 0 Å². The minimum atomic E-state index is -0.321. The van der Waals surface area contributed by atoms with Crippen molar-refractivity contribution in [2.45, 2.75) is 26.8 Å². The average Bonchev–Trinajstić information content (AvgIpc) is 3.08. The van der Waals surface area contributed by atoms with Gasteiger partial charge in [0.15, 0.2) is 10.5 Å². The maximum Gasteiger partial charge on any atom is 0.300 e. The summed E-state index contributed by atoms with van der Waals surface area (Å²) in [6, 6.07) is 8.12. The molecule has 0 bridgehead atoms. The molecule has 0 N–H and O–H groups in total. The van der Waals surface area contributed by atoms with Crippen LogP contribution >= 0.6 is 11.3 Å². The molecule has 0 radical (unpaired) electrons. The van der Waals surface area contributed by atoms with Gasteiger partial charge in [0.25, 0.3) is 5.91 Å². The molecule has 124 valence electrons. The number of amides is 1. The molecular weight excluding hydrogens is 320 g/mol. The van der Waals surface area contributed by atoms with Crippen LogP contribution < -0.4 is 4.80 Å². The first-order valence-electron chi connectivity index (χ1n) is 7.86. The average molecular weight is 340 g/mol. The van der Waals surface area contributed by atoms with Crippen LogP contribution in [0.15, 0.2) is 41.9 Å². The Hall–Kier alpha value is -2.47. The van der Waals surface area contributed by atoms with Gasteiger partial charge in [0.1, 0.15) is 0 Å². The van der Waals surface area contributed by atoms with Gasteiger partial charge in [0.2, 0.25) is 0 Å². The van der Waals surface area contributed by atoms with E-state index in [-0.39, 0.29) is 5.91 Å². The quantitative estimate of drug-likeness (QED) is 0.685. The largest absolute Gasteiger partial charge is 0.312 e. The van der Waals surface area contributed by atoms with Gasteiger partial charge in [-0.05, 0) is 37.1 Å². The van der Waals surface area contributed by atoms with Gasteiger partial charge in [-0.15, -0.1) is 6.58 Å². The lowest BCUT2D eigenvalue weighted by Gasteiger charge is -2.01. The second-order valence-electron chi connectivity index (χ2n) is 5.65. The maximum absolute atomic E-state index is 12.5. The Morgan fingerprint density at radius 2 is 2.21 bits per heavy atom. The van der Waals surface area contributed by atoms with Crippen molar-refractivity contribution in [1.82, 2.24) is 14.3 Å². The Morgan fingerprint density at radius 1 is 1.42 bits per heavy atom. The summed E-state index contributed by atoms with van der Waals surface area (Å²) in [6.45, 7) is 8.46. The molecule has 24 heavy (non-hydrogen) atoms. The standard InChI is InChI=1S/C18H20N4OS/c1-5-9-22-15-8-7-13(6-2)11-16(15)24-18(22)19-17(23)14-10-12(3)21(4)20-14/h5,7-8,10-11H,1,6,9H2,2-4H3. The highest BCUT2D eigenvalue weighted by atomic mass is 32.1. The number of hydrogen-bond donors (Lipinski definition) is 0. The highest BCUT2D eigenvalue weighted by Crippen LogP contribution is 2.20. The molecule has 3 rings (SSSR count). The monoisotopic (exact) mass is 340 g/mol. The summed E-state index contributed by atoms with van der Waals surface area (Å²) in [7, 11) is 1.82. The van der Waals surface area contributed by atoms with Crippen LogP contribution in [-0.4, -0.2) is 20.3 Å². The van der Waals surface area contributed by atoms with E-state index in [4.69, 9.17) is 0 Å². The second-order valence-corrected chi connectivity index (χ2v) is 6.66. The van der Waals surface area contributed by atoms with Gasteiger partial charge in [-0.1, -0.05) is 30.4 Å². The van der Waals surface area contributed by atoms with E-state index in [1.54, 1.807) is 10.7 Å². The van der Waals surface area contributed by atoms with Crippen molar-refractivity contribution < 1.29 is 4.79 Å². The number of hydrogen-bond acceptors (Lipinski definition) is 3. The third-order valence-electron chi connectivity index (χ3n) is 4.00. The zero-order valence-electron chi connectivity index (χ0n) is 14.1. The Morgan fingerprint density at radius 3 is 2.83 bits per heavy atom. The number of carbonyl (C=O) groups excluding carboxylic acids is 1. The van der Waals surface area contributed by atoms with Crippen LogP contribution in [0.25, 0.3) is 10.2 Å². The van der Waals surface area contributed by atoms with Gasteiger partial charge in [-0.3, -0.25) is 9.48 Å². The number of carbonyl (C=O) groups is 1. The van der Waals surface area contributed by atoms with Crippen molar-refractivity contribution >= 4 is 27.5 Å². The lowest BCUT2D eigenvalue weighted by atomic mass is 10.2. The number of benzene rings is 1. The van der Waals surface area contributed by atoms with E-state index in [1.165, 1.54) is 16.9 Å². The number of fused-ring (bicyclic) bond motifs is 1. The van der Waals surface area contributed by atoms with E-state index in [0.29, 0.717) is 17.0 Å². The predicted octanol–water partition coefficient (Wildman–Crippen LogP) is 3.23. The van der Waals surface area contributed by atoms with Crippen LogP contribution in [0.5, 0.6) is 0 Å². The van der Waals surface area contributed by atoms with Gasteiger partial charge in [-0.25, -0.2) is 0 Å². The predicted molar refractivity (Wildman–Crippen MR) is 97.2 cm³/mol. The first kappa shape index (κ1) is 16.4. The molecule has 0 aliphatic heterocycles. The molecule has 0 atom stereocenters. The van der Waals surface area contributed by atoms with Crippen LogP contribution in [0.4, 0.5) is 0 Å². The molecule has 0 unspecified atom stereocenters. The number of aryl methyl sites for hydroxylation is 3. The number of rotatable bonds is 4. The lowest BCUT2D eigenvalue weighted by molar-refractivity contribution is 0.0992. The van der Waals surface area contributed by atoms with Crippen LogP contribution in [0, 0.1) is 6.92 Å². The molecule has 6 heteroatoms. The van der Waals surface area contributed by atoms with Gasteiger partial charge in [0.05, 0.1) is 10.2 Å². The molecule has 0 saturated heterocycles. The van der Waals surface area contributed by atoms with E-state index >= 15 is 0 Å². The highest BCUT2D eigenvalue weighted by molar-refractivity contribution is 7.16. The van der Waals surface area contributed by atoms with E-state index in [9.17, 15) is 4.79 Å². The summed E-state index contributed by atoms with van der Waals surface area (Å²) in [5.74, 6) is -0.321. The SMILES string of the molecule is C=CCn1c(=NC(=O)c2cc(C)n(C)n2)sc2cc(CC)ccc21. The fourth-order valence-electron chi connectivity index (χ4n) is 2.54. The Labute approximate surface area is 144 Å². The van der Waals surface area contributed by atoms with Crippen LogP contribution in [-0.2, 0) is 20.0 Å². The van der Waals surface area contributed by atoms with Crippen molar-refractivity contribution in [2.24, 2.45) is 12.0 Å². The van der Waals surface area contributed by atoms with E-state index in [0.717, 1.165) is 22.3 Å². The summed E-state index contributed by atoms with van der Waals surface area (Å²) in [6.07, 6.45) is 2.79. The molecule has 1 aromatic carbocycles. The Bertz CT molecular complexity index is 971. The molecule has 1 amide bonds. The lowest BCUT2D eigenvalue weighted by Crippen LogP contribution is -2.16. The van der Waals surface area contributed by atoms with Crippen molar-refractivity contribution in [3.05, 3.63) is 58.7 Å². The van der Waals surface area contributed by atoms with Crippen molar-refractivity contribution in [1.29, 1.82) is 0 Å². The van der Waals surface area contributed by atoms with E-state index in [1.807, 2.05) is 24.6 Å². The zero-order valence-corrected chi connectivity index (χ0v) is 14.9. The number of aromatic nitrogens is 3. The fraction of sp³-hybridized carbons (Fsp3) is 0.278. The second kappa shape index (κ2) is 6.57. The molecule has 0 spiro atoms. The molecule has 2 aromatic heterocycles. The highest BCUT2D eigenvalue weighted by Gasteiger charge is 2.12. The molecule has 5 nitrogen and oxygen atoms in total. The molecule has 3 aromatic rings.